The van der Waals surface area contributed by atoms with Gasteiger partial charge < -0.3 is 10.2 Å². The van der Waals surface area contributed by atoms with Gasteiger partial charge in [0.25, 0.3) is 0 Å². The minimum absolute atomic E-state index is 0. The number of para-hydroxylation sites is 2. The van der Waals surface area contributed by atoms with Gasteiger partial charge in [-0.25, -0.2) is 8.78 Å². The van der Waals surface area contributed by atoms with Gasteiger partial charge in [-0.15, -0.1) is 0 Å². The summed E-state index contributed by atoms with van der Waals surface area (Å²) in [5, 5.41) is 17.1. The van der Waals surface area contributed by atoms with Gasteiger partial charge in [0.15, 0.2) is 23.1 Å². The first-order chi connectivity index (χ1) is 7.61. The van der Waals surface area contributed by atoms with E-state index in [0.717, 1.165) is 0 Å². The van der Waals surface area contributed by atoms with Gasteiger partial charge in [0.2, 0.25) is 0 Å². The Kier molecular flexibility index (Phi) is 6.96. The van der Waals surface area contributed by atoms with E-state index in [4.69, 9.17) is 10.2 Å². The van der Waals surface area contributed by atoms with Crippen molar-refractivity contribution in [2.24, 2.45) is 0 Å². The van der Waals surface area contributed by atoms with Crippen LogP contribution in [0.4, 0.5) is 8.78 Å². The standard InChI is InChI=1S/2C6H5FO.Cr/c2*7-5-3-1-2-4-6(5)8;/h2*1-4,8H;. The Morgan fingerprint density at radius 3 is 1.12 bits per heavy atom. The molecule has 2 N–H and O–H groups in total. The molecule has 0 aliphatic carbocycles. The molecule has 2 nitrogen and oxygen atoms in total. The number of hydrogen-bond donors (Lipinski definition) is 2. The Labute approximate surface area is 108 Å². The summed E-state index contributed by atoms with van der Waals surface area (Å²) in [7, 11) is 0. The number of phenols is 2. The number of rotatable bonds is 0. The Morgan fingerprint density at radius 2 is 0.941 bits per heavy atom. The van der Waals surface area contributed by atoms with Gasteiger partial charge in [0, 0.05) is 17.4 Å². The molecule has 2 rings (SSSR count). The summed E-state index contributed by atoms with van der Waals surface area (Å²) in [5.74, 6) is -1.75. The van der Waals surface area contributed by atoms with Crippen LogP contribution >= 0.6 is 0 Å². The maximum absolute atomic E-state index is 12.1. The molecule has 0 spiro atoms. The van der Waals surface area contributed by atoms with Crippen LogP contribution in [0.15, 0.2) is 48.5 Å². The zero-order valence-electron chi connectivity index (χ0n) is 8.68. The molecule has 0 fully saturated rings. The van der Waals surface area contributed by atoms with Crippen molar-refractivity contribution in [3.63, 3.8) is 0 Å². The average molecular weight is 276 g/mol. The minimum atomic E-state index is -0.576. The fourth-order valence-electron chi connectivity index (χ4n) is 0.903. The predicted octanol–water partition coefficient (Wildman–Crippen LogP) is 3.06. The van der Waals surface area contributed by atoms with Crippen molar-refractivity contribution in [2.45, 2.75) is 0 Å². The van der Waals surface area contributed by atoms with E-state index < -0.39 is 11.6 Å². The third-order valence-electron chi connectivity index (χ3n) is 1.70. The van der Waals surface area contributed by atoms with E-state index in [-0.39, 0.29) is 28.9 Å². The van der Waals surface area contributed by atoms with Gasteiger partial charge in [-0.05, 0) is 24.3 Å². The largest absolute Gasteiger partial charge is 0.505 e. The fourth-order valence-corrected chi connectivity index (χ4v) is 0.903. The van der Waals surface area contributed by atoms with Gasteiger partial charge in [-0.1, -0.05) is 24.3 Å². The molecule has 0 saturated carbocycles. The monoisotopic (exact) mass is 276 g/mol. The van der Waals surface area contributed by atoms with Crippen molar-refractivity contribution < 1.29 is 36.4 Å². The summed E-state index contributed by atoms with van der Waals surface area (Å²) in [6.07, 6.45) is 0. The third-order valence-corrected chi connectivity index (χ3v) is 1.70. The van der Waals surface area contributed by atoms with Crippen LogP contribution in [0.1, 0.15) is 0 Å². The molecule has 2 aromatic rings. The van der Waals surface area contributed by atoms with Gasteiger partial charge in [-0.2, -0.15) is 0 Å². The van der Waals surface area contributed by atoms with Gasteiger partial charge in [0.05, 0.1) is 0 Å². The van der Waals surface area contributed by atoms with Crippen LogP contribution in [-0.4, -0.2) is 10.2 Å². The van der Waals surface area contributed by atoms with E-state index in [9.17, 15) is 8.78 Å². The summed E-state index contributed by atoms with van der Waals surface area (Å²) >= 11 is 0. The molecular weight excluding hydrogens is 266 g/mol. The first-order valence-corrected chi connectivity index (χ1v) is 4.48. The van der Waals surface area contributed by atoms with E-state index in [1.165, 1.54) is 36.4 Å². The summed E-state index contributed by atoms with van der Waals surface area (Å²) in [4.78, 5) is 0. The third kappa shape index (κ3) is 5.34. The molecule has 0 heterocycles. The van der Waals surface area contributed by atoms with Crippen LogP contribution in [0.2, 0.25) is 0 Å². The minimum Gasteiger partial charge on any atom is -0.505 e. The van der Waals surface area contributed by atoms with Gasteiger partial charge in [-0.3, -0.25) is 0 Å². The summed E-state index contributed by atoms with van der Waals surface area (Å²) in [6.45, 7) is 0. The number of phenolic OH excluding ortho intramolecular Hbond substituents is 2. The molecule has 0 aromatic heterocycles. The second-order valence-corrected chi connectivity index (χ2v) is 2.90. The van der Waals surface area contributed by atoms with Crippen LogP contribution in [0.5, 0.6) is 11.5 Å². The molecule has 0 saturated heterocycles. The first kappa shape index (κ1) is 15.4. The van der Waals surface area contributed by atoms with Crippen LogP contribution in [0.3, 0.4) is 0 Å². The van der Waals surface area contributed by atoms with Crippen molar-refractivity contribution in [3.8, 4) is 11.5 Å². The smallest absolute Gasteiger partial charge is 0.164 e. The van der Waals surface area contributed by atoms with Crippen molar-refractivity contribution >= 4 is 0 Å². The second kappa shape index (κ2) is 7.66. The van der Waals surface area contributed by atoms with Crippen molar-refractivity contribution in [1.29, 1.82) is 0 Å². The molecule has 0 aliphatic rings. The summed E-state index contributed by atoms with van der Waals surface area (Å²) in [6, 6.07) is 11.2. The molecule has 0 radical (unpaired) electrons. The Bertz CT molecular complexity index is 378. The number of aromatic hydroxyl groups is 2. The first-order valence-electron chi connectivity index (χ1n) is 4.48. The Balaban J connectivity index is 0.000000284. The Morgan fingerprint density at radius 1 is 0.647 bits per heavy atom. The van der Waals surface area contributed by atoms with Crippen LogP contribution in [0, 0.1) is 11.6 Å². The topological polar surface area (TPSA) is 40.5 Å². The average Bonchev–Trinajstić information content (AvgIpc) is 2.28. The number of hydrogen-bond acceptors (Lipinski definition) is 2. The maximum Gasteiger partial charge on any atom is 0.164 e. The normalized spacial score (nSPS) is 8.59. The Hall–Kier alpha value is -1.57. The molecule has 0 bridgehead atoms. The van der Waals surface area contributed by atoms with E-state index in [1.54, 1.807) is 12.1 Å². The molecule has 0 amide bonds. The number of benzene rings is 2. The van der Waals surface area contributed by atoms with E-state index in [1.807, 2.05) is 0 Å². The summed E-state index contributed by atoms with van der Waals surface area (Å²) in [5.41, 5.74) is 0. The van der Waals surface area contributed by atoms with E-state index >= 15 is 0 Å². The fraction of sp³-hybridized carbons (Fsp3) is 0. The van der Waals surface area contributed by atoms with E-state index in [2.05, 4.69) is 0 Å². The van der Waals surface area contributed by atoms with Crippen LogP contribution < -0.4 is 0 Å². The SMILES string of the molecule is Oc1ccccc1F.Oc1ccccc1F.[Cr]. The molecule has 5 heteroatoms. The predicted molar refractivity (Wildman–Crippen MR) is 56.1 cm³/mol. The summed E-state index contributed by atoms with van der Waals surface area (Å²) < 4.78 is 24.1. The van der Waals surface area contributed by atoms with E-state index in [0.29, 0.717) is 0 Å². The molecule has 0 aliphatic heterocycles. The van der Waals surface area contributed by atoms with Crippen LogP contribution in [0.25, 0.3) is 0 Å². The van der Waals surface area contributed by atoms with Gasteiger partial charge in [0.1, 0.15) is 0 Å². The molecular formula is C12H10CrF2O2. The zero-order chi connectivity index (χ0) is 12.0. The zero-order valence-corrected chi connectivity index (χ0v) is 9.95. The van der Waals surface area contributed by atoms with Crippen LogP contribution in [-0.2, 0) is 17.4 Å². The molecule has 2 aromatic carbocycles. The maximum atomic E-state index is 12.1. The molecule has 0 atom stereocenters. The van der Waals surface area contributed by atoms with Crippen molar-refractivity contribution in [1.82, 2.24) is 0 Å². The molecule has 17 heavy (non-hydrogen) atoms. The quantitative estimate of drug-likeness (QED) is 0.776. The number of halogens is 2. The second-order valence-electron chi connectivity index (χ2n) is 2.90. The molecule has 0 unspecified atom stereocenters. The van der Waals surface area contributed by atoms with Crippen molar-refractivity contribution in [2.75, 3.05) is 0 Å². The van der Waals surface area contributed by atoms with Crippen molar-refractivity contribution in [3.05, 3.63) is 60.2 Å². The molecule has 90 valence electrons. The van der Waals surface area contributed by atoms with Gasteiger partial charge >= 0.3 is 0 Å².